The van der Waals surface area contributed by atoms with E-state index >= 15 is 0 Å². The summed E-state index contributed by atoms with van der Waals surface area (Å²) >= 11 is 3.32. The smallest absolute Gasteiger partial charge is 0.245 e. The number of para-hydroxylation sites is 1. The lowest BCUT2D eigenvalue weighted by Crippen LogP contribution is -2.37. The summed E-state index contributed by atoms with van der Waals surface area (Å²) in [7, 11) is -3.67. The van der Waals surface area contributed by atoms with Crippen LogP contribution in [0.1, 0.15) is 12.8 Å². The number of carbonyl (C=O) groups excluding carboxylic acids is 2. The number of halogens is 1. The van der Waals surface area contributed by atoms with Gasteiger partial charge in [0.2, 0.25) is 21.8 Å². The Kier molecular flexibility index (Phi) is 6.04. The van der Waals surface area contributed by atoms with E-state index in [9.17, 15) is 18.0 Å². The molecule has 0 atom stereocenters. The van der Waals surface area contributed by atoms with E-state index in [1.54, 1.807) is 47.4 Å². The van der Waals surface area contributed by atoms with Gasteiger partial charge in [-0.1, -0.05) is 18.2 Å². The molecule has 2 amide bonds. The van der Waals surface area contributed by atoms with Crippen LogP contribution in [0.15, 0.2) is 53.0 Å². The highest BCUT2D eigenvalue weighted by Gasteiger charge is 2.24. The van der Waals surface area contributed by atoms with Crippen molar-refractivity contribution in [3.63, 3.8) is 0 Å². The van der Waals surface area contributed by atoms with Crippen LogP contribution in [0.4, 0.5) is 17.1 Å². The van der Waals surface area contributed by atoms with Crippen molar-refractivity contribution in [1.82, 2.24) is 0 Å². The van der Waals surface area contributed by atoms with E-state index in [1.807, 2.05) is 6.07 Å². The number of sulfonamides is 1. The first kappa shape index (κ1) is 20.3. The molecule has 0 aromatic heterocycles. The maximum atomic E-state index is 12.5. The van der Waals surface area contributed by atoms with Gasteiger partial charge in [-0.3, -0.25) is 13.9 Å². The lowest BCUT2D eigenvalue weighted by Gasteiger charge is -2.23. The molecule has 0 aliphatic carbocycles. The Hall–Kier alpha value is -2.39. The Morgan fingerprint density at radius 2 is 1.96 bits per heavy atom. The number of hydrogen-bond acceptors (Lipinski definition) is 4. The molecular weight excluding hydrogens is 446 g/mol. The first-order valence-corrected chi connectivity index (χ1v) is 11.3. The van der Waals surface area contributed by atoms with Gasteiger partial charge in [0.15, 0.2) is 0 Å². The monoisotopic (exact) mass is 465 g/mol. The molecule has 3 rings (SSSR count). The average Bonchev–Trinajstić information content (AvgIpc) is 3.06. The van der Waals surface area contributed by atoms with Crippen molar-refractivity contribution in [1.29, 1.82) is 0 Å². The maximum absolute atomic E-state index is 12.5. The van der Waals surface area contributed by atoms with Crippen LogP contribution in [0, 0.1) is 0 Å². The van der Waals surface area contributed by atoms with Crippen LogP contribution in [-0.4, -0.2) is 39.6 Å². The molecule has 1 aliphatic heterocycles. The predicted molar refractivity (Wildman–Crippen MR) is 113 cm³/mol. The van der Waals surface area contributed by atoms with Crippen LogP contribution in [0.25, 0.3) is 0 Å². The molecular formula is C19H20BrN3O4S. The van der Waals surface area contributed by atoms with Crippen LogP contribution >= 0.6 is 15.9 Å². The van der Waals surface area contributed by atoms with Crippen LogP contribution in [0.5, 0.6) is 0 Å². The summed E-state index contributed by atoms with van der Waals surface area (Å²) in [6.07, 6.45) is 2.38. The van der Waals surface area contributed by atoms with Crippen molar-refractivity contribution < 1.29 is 18.0 Å². The summed E-state index contributed by atoms with van der Waals surface area (Å²) < 4.78 is 26.0. The second-order valence-corrected chi connectivity index (χ2v) is 9.23. The molecule has 0 bridgehead atoms. The third-order valence-corrected chi connectivity index (χ3v) is 6.12. The average molecular weight is 466 g/mol. The van der Waals surface area contributed by atoms with Crippen LogP contribution in [0.3, 0.4) is 0 Å². The van der Waals surface area contributed by atoms with Gasteiger partial charge >= 0.3 is 0 Å². The van der Waals surface area contributed by atoms with Gasteiger partial charge in [-0.25, -0.2) is 8.42 Å². The number of nitrogens with one attached hydrogen (secondary N) is 1. The number of carbonyl (C=O) groups is 2. The van der Waals surface area contributed by atoms with E-state index in [4.69, 9.17) is 0 Å². The molecule has 1 heterocycles. The molecule has 0 unspecified atom stereocenters. The standard InChI is InChI=1S/C19H20BrN3O4S/c1-28(26,27)23(17-9-3-2-8-16(17)20)13-18(24)21-14-6-4-7-15(12-14)22-11-5-10-19(22)25/h2-4,6-9,12H,5,10-11,13H2,1H3,(H,21,24). The first-order valence-electron chi connectivity index (χ1n) is 8.68. The number of hydrogen-bond donors (Lipinski definition) is 1. The Morgan fingerprint density at radius 1 is 1.21 bits per heavy atom. The third kappa shape index (κ3) is 4.71. The van der Waals surface area contributed by atoms with Crippen LogP contribution in [-0.2, 0) is 19.6 Å². The zero-order valence-electron chi connectivity index (χ0n) is 15.3. The highest BCUT2D eigenvalue weighted by atomic mass is 79.9. The normalized spacial score (nSPS) is 14.2. The Morgan fingerprint density at radius 3 is 2.61 bits per heavy atom. The van der Waals surface area contributed by atoms with Gasteiger partial charge in [-0.05, 0) is 52.7 Å². The van der Waals surface area contributed by atoms with Gasteiger partial charge in [-0.15, -0.1) is 0 Å². The molecule has 7 nitrogen and oxygen atoms in total. The topological polar surface area (TPSA) is 86.8 Å². The van der Waals surface area contributed by atoms with Crippen molar-refractivity contribution in [2.75, 3.05) is 33.9 Å². The molecule has 1 N–H and O–H groups in total. The minimum Gasteiger partial charge on any atom is -0.324 e. The number of nitrogens with zero attached hydrogens (tertiary/aromatic N) is 2. The van der Waals surface area contributed by atoms with Gasteiger partial charge in [-0.2, -0.15) is 0 Å². The maximum Gasteiger partial charge on any atom is 0.245 e. The summed E-state index contributed by atoms with van der Waals surface area (Å²) in [5.74, 6) is -0.424. The van der Waals surface area contributed by atoms with E-state index < -0.39 is 15.9 Å². The second kappa shape index (κ2) is 8.32. The largest absolute Gasteiger partial charge is 0.324 e. The highest BCUT2D eigenvalue weighted by Crippen LogP contribution is 2.28. The van der Waals surface area contributed by atoms with Gasteiger partial charge in [0, 0.05) is 28.8 Å². The Bertz CT molecular complexity index is 1010. The quantitative estimate of drug-likeness (QED) is 0.710. The van der Waals surface area contributed by atoms with Crippen molar-refractivity contribution in [3.8, 4) is 0 Å². The molecule has 9 heteroatoms. The van der Waals surface area contributed by atoms with Crippen LogP contribution in [0.2, 0.25) is 0 Å². The summed E-state index contributed by atoms with van der Waals surface area (Å²) in [5, 5.41) is 2.71. The van der Waals surface area contributed by atoms with Gasteiger partial charge in [0.25, 0.3) is 0 Å². The van der Waals surface area contributed by atoms with Gasteiger partial charge in [0.1, 0.15) is 6.54 Å². The first-order chi connectivity index (χ1) is 13.3. The number of amides is 2. The van der Waals surface area contributed by atoms with Crippen molar-refractivity contribution in [2.45, 2.75) is 12.8 Å². The lowest BCUT2D eigenvalue weighted by molar-refractivity contribution is -0.117. The fourth-order valence-corrected chi connectivity index (χ4v) is 4.52. The van der Waals surface area contributed by atoms with Crippen LogP contribution < -0.4 is 14.5 Å². The van der Waals surface area contributed by atoms with E-state index in [2.05, 4.69) is 21.2 Å². The zero-order valence-corrected chi connectivity index (χ0v) is 17.7. The molecule has 1 aliphatic rings. The van der Waals surface area contributed by atoms with Gasteiger partial charge < -0.3 is 10.2 Å². The molecule has 148 valence electrons. The highest BCUT2D eigenvalue weighted by molar-refractivity contribution is 9.10. The molecule has 0 spiro atoms. The number of rotatable bonds is 6. The fourth-order valence-electron chi connectivity index (χ4n) is 3.04. The summed E-state index contributed by atoms with van der Waals surface area (Å²) in [5.41, 5.74) is 1.60. The molecule has 0 saturated carbocycles. The van der Waals surface area contributed by atoms with Crippen molar-refractivity contribution >= 4 is 54.8 Å². The zero-order chi connectivity index (χ0) is 20.3. The molecule has 2 aromatic rings. The fraction of sp³-hybridized carbons (Fsp3) is 0.263. The Labute approximate surface area is 172 Å². The number of anilines is 3. The molecule has 2 aromatic carbocycles. The lowest BCUT2D eigenvalue weighted by atomic mass is 10.2. The molecule has 28 heavy (non-hydrogen) atoms. The van der Waals surface area contributed by atoms with Crippen molar-refractivity contribution in [3.05, 3.63) is 53.0 Å². The Balaban J connectivity index is 1.77. The predicted octanol–water partition coefficient (Wildman–Crippen LogP) is 2.98. The van der Waals surface area contributed by atoms with E-state index in [-0.39, 0.29) is 12.5 Å². The molecule has 0 radical (unpaired) electrons. The van der Waals surface area contributed by atoms with E-state index in [0.717, 1.165) is 17.0 Å². The van der Waals surface area contributed by atoms with Gasteiger partial charge in [0.05, 0.1) is 11.9 Å². The minimum absolute atomic E-state index is 0.0562. The molecule has 1 fully saturated rings. The SMILES string of the molecule is CS(=O)(=O)N(CC(=O)Nc1cccc(N2CCCC2=O)c1)c1ccccc1Br. The second-order valence-electron chi connectivity index (χ2n) is 6.47. The summed E-state index contributed by atoms with van der Waals surface area (Å²) in [6.45, 7) is 0.286. The summed E-state index contributed by atoms with van der Waals surface area (Å²) in [4.78, 5) is 26.1. The third-order valence-electron chi connectivity index (χ3n) is 4.32. The van der Waals surface area contributed by atoms with E-state index in [0.29, 0.717) is 34.5 Å². The van der Waals surface area contributed by atoms with E-state index in [1.165, 1.54) is 0 Å². The van der Waals surface area contributed by atoms with Crippen molar-refractivity contribution in [2.24, 2.45) is 0 Å². The molecule has 1 saturated heterocycles. The minimum atomic E-state index is -3.67. The summed E-state index contributed by atoms with van der Waals surface area (Å²) in [6, 6.07) is 13.8. The number of benzene rings is 2.